The van der Waals surface area contributed by atoms with Crippen LogP contribution in [0.25, 0.3) is 11.4 Å². The molecular formula is C17H19ClN4O2. The summed E-state index contributed by atoms with van der Waals surface area (Å²) in [6, 6.07) is 12.3. The zero-order valence-electron chi connectivity index (χ0n) is 13.0. The summed E-state index contributed by atoms with van der Waals surface area (Å²) < 4.78 is 10.4. The van der Waals surface area contributed by atoms with E-state index in [1.54, 1.807) is 12.5 Å². The van der Waals surface area contributed by atoms with Crippen molar-refractivity contribution < 1.29 is 8.94 Å². The second kappa shape index (κ2) is 7.17. The minimum atomic E-state index is 0. The van der Waals surface area contributed by atoms with Crippen LogP contribution in [0.3, 0.4) is 0 Å². The quantitative estimate of drug-likeness (QED) is 0.782. The second-order valence-electron chi connectivity index (χ2n) is 5.90. The molecule has 2 N–H and O–H groups in total. The highest BCUT2D eigenvalue weighted by molar-refractivity contribution is 5.85. The van der Waals surface area contributed by atoms with Gasteiger partial charge in [-0.25, -0.2) is 0 Å². The van der Waals surface area contributed by atoms with Crippen molar-refractivity contribution in [2.45, 2.75) is 18.5 Å². The topological polar surface area (TPSA) is 81.3 Å². The first-order chi connectivity index (χ1) is 11.3. The van der Waals surface area contributed by atoms with E-state index in [1.165, 1.54) is 5.56 Å². The van der Waals surface area contributed by atoms with E-state index >= 15 is 0 Å². The Hall–Kier alpha value is -2.15. The van der Waals surface area contributed by atoms with E-state index in [9.17, 15) is 0 Å². The highest BCUT2D eigenvalue weighted by atomic mass is 35.5. The summed E-state index contributed by atoms with van der Waals surface area (Å²) >= 11 is 0. The Kier molecular flexibility index (Phi) is 4.99. The fourth-order valence-corrected chi connectivity index (χ4v) is 3.11. The predicted molar refractivity (Wildman–Crippen MR) is 91.7 cm³/mol. The van der Waals surface area contributed by atoms with Gasteiger partial charge in [-0.15, -0.1) is 12.4 Å². The van der Waals surface area contributed by atoms with Gasteiger partial charge in [0.2, 0.25) is 11.7 Å². The first kappa shape index (κ1) is 16.7. The first-order valence-corrected chi connectivity index (χ1v) is 7.67. The molecule has 1 saturated heterocycles. The number of rotatable bonds is 4. The molecule has 0 bridgehead atoms. The maximum atomic E-state index is 6.32. The largest absolute Gasteiger partial charge is 0.472 e. The molecule has 3 aromatic rings. The summed E-state index contributed by atoms with van der Waals surface area (Å²) in [5.41, 5.74) is 8.42. The minimum Gasteiger partial charge on any atom is -0.472 e. The second-order valence-corrected chi connectivity index (χ2v) is 5.90. The zero-order valence-corrected chi connectivity index (χ0v) is 13.9. The van der Waals surface area contributed by atoms with Crippen LogP contribution in [0.4, 0.5) is 0 Å². The lowest BCUT2D eigenvalue weighted by Gasteiger charge is -2.14. The molecule has 0 spiro atoms. The molecule has 1 aromatic carbocycles. The summed E-state index contributed by atoms with van der Waals surface area (Å²) in [5.74, 6) is 1.49. The molecule has 3 heterocycles. The highest BCUT2D eigenvalue weighted by Crippen LogP contribution is 2.27. The van der Waals surface area contributed by atoms with Crippen LogP contribution >= 0.6 is 12.4 Å². The lowest BCUT2D eigenvalue weighted by atomic mass is 9.95. The van der Waals surface area contributed by atoms with E-state index in [2.05, 4.69) is 39.3 Å². The number of benzene rings is 1. The van der Waals surface area contributed by atoms with Crippen LogP contribution in [0.15, 0.2) is 57.9 Å². The number of halogens is 1. The van der Waals surface area contributed by atoms with E-state index in [1.807, 2.05) is 12.1 Å². The molecule has 2 atom stereocenters. The Morgan fingerprint density at radius 1 is 1.17 bits per heavy atom. The van der Waals surface area contributed by atoms with Crippen LogP contribution in [0, 0.1) is 0 Å². The normalized spacial score (nSPS) is 20.9. The molecule has 0 radical (unpaired) electrons. The molecule has 0 unspecified atom stereocenters. The molecule has 0 aliphatic carbocycles. The summed E-state index contributed by atoms with van der Waals surface area (Å²) in [5, 5.41) is 3.99. The average molecular weight is 347 g/mol. The van der Waals surface area contributed by atoms with Crippen LogP contribution in [-0.2, 0) is 6.54 Å². The summed E-state index contributed by atoms with van der Waals surface area (Å²) in [7, 11) is 0. The van der Waals surface area contributed by atoms with Crippen LogP contribution in [0.5, 0.6) is 0 Å². The molecule has 1 aliphatic rings. The molecular weight excluding hydrogens is 328 g/mol. The molecule has 7 heteroatoms. The Bertz CT molecular complexity index is 760. The van der Waals surface area contributed by atoms with E-state index in [-0.39, 0.29) is 18.4 Å². The Morgan fingerprint density at radius 2 is 2.00 bits per heavy atom. The Balaban J connectivity index is 0.00000169. The van der Waals surface area contributed by atoms with Crippen molar-refractivity contribution in [3.8, 4) is 11.4 Å². The number of nitrogens with zero attached hydrogens (tertiary/aromatic N) is 3. The Labute approximate surface area is 146 Å². The number of aromatic nitrogens is 2. The van der Waals surface area contributed by atoms with Gasteiger partial charge in [-0.05, 0) is 11.6 Å². The third kappa shape index (κ3) is 3.36. The Morgan fingerprint density at radius 3 is 2.75 bits per heavy atom. The first-order valence-electron chi connectivity index (χ1n) is 7.67. The van der Waals surface area contributed by atoms with Gasteiger partial charge in [0.25, 0.3) is 0 Å². The van der Waals surface area contributed by atoms with Crippen molar-refractivity contribution in [3.63, 3.8) is 0 Å². The molecule has 6 nitrogen and oxygen atoms in total. The van der Waals surface area contributed by atoms with Crippen LogP contribution in [0.2, 0.25) is 0 Å². The molecule has 0 saturated carbocycles. The van der Waals surface area contributed by atoms with Gasteiger partial charge in [-0.2, -0.15) is 4.98 Å². The van der Waals surface area contributed by atoms with Gasteiger partial charge in [-0.1, -0.05) is 35.5 Å². The van der Waals surface area contributed by atoms with Crippen molar-refractivity contribution in [1.82, 2.24) is 15.0 Å². The van der Waals surface area contributed by atoms with E-state index in [0.717, 1.165) is 18.7 Å². The van der Waals surface area contributed by atoms with E-state index in [4.69, 9.17) is 14.7 Å². The number of hydrogen-bond donors (Lipinski definition) is 1. The minimum absolute atomic E-state index is 0. The van der Waals surface area contributed by atoms with Gasteiger partial charge in [0, 0.05) is 25.0 Å². The van der Waals surface area contributed by atoms with E-state index < -0.39 is 0 Å². The van der Waals surface area contributed by atoms with Crippen LogP contribution < -0.4 is 5.73 Å². The van der Waals surface area contributed by atoms with Crippen molar-refractivity contribution in [2.75, 3.05) is 13.1 Å². The van der Waals surface area contributed by atoms with E-state index in [0.29, 0.717) is 24.2 Å². The molecule has 24 heavy (non-hydrogen) atoms. The molecule has 1 fully saturated rings. The summed E-state index contributed by atoms with van der Waals surface area (Å²) in [6.07, 6.45) is 3.20. The van der Waals surface area contributed by atoms with Crippen molar-refractivity contribution in [2.24, 2.45) is 5.73 Å². The molecule has 4 rings (SSSR count). The lowest BCUT2D eigenvalue weighted by molar-refractivity contribution is 0.264. The molecule has 126 valence electrons. The highest BCUT2D eigenvalue weighted by Gasteiger charge is 2.32. The third-order valence-electron chi connectivity index (χ3n) is 4.27. The monoisotopic (exact) mass is 346 g/mol. The van der Waals surface area contributed by atoms with Crippen molar-refractivity contribution in [1.29, 1.82) is 0 Å². The fraction of sp³-hybridized carbons (Fsp3) is 0.294. The van der Waals surface area contributed by atoms with Crippen molar-refractivity contribution >= 4 is 12.4 Å². The van der Waals surface area contributed by atoms with Gasteiger partial charge in [0.1, 0.15) is 6.26 Å². The predicted octanol–water partition coefficient (Wildman–Crippen LogP) is 2.68. The lowest BCUT2D eigenvalue weighted by Crippen LogP contribution is -2.28. The number of furan rings is 1. The number of nitrogens with two attached hydrogens (primary N) is 1. The van der Waals surface area contributed by atoms with Crippen LogP contribution in [-0.4, -0.2) is 34.2 Å². The standard InChI is InChI=1S/C17H18N4O2.ClH/c18-15-9-21(8-14(15)12-4-2-1-3-5-12)10-16-19-17(20-23-16)13-6-7-22-11-13;/h1-7,11,14-15H,8-10,18H2;1H/t14-,15+;/m0./s1. The fourth-order valence-electron chi connectivity index (χ4n) is 3.11. The van der Waals surface area contributed by atoms with Gasteiger partial charge in [-0.3, -0.25) is 4.90 Å². The molecule has 2 aromatic heterocycles. The average Bonchev–Trinajstić information content (AvgIpc) is 3.29. The number of hydrogen-bond acceptors (Lipinski definition) is 6. The third-order valence-corrected chi connectivity index (χ3v) is 4.27. The van der Waals surface area contributed by atoms with Gasteiger partial charge < -0.3 is 14.7 Å². The maximum Gasteiger partial charge on any atom is 0.241 e. The van der Waals surface area contributed by atoms with Crippen LogP contribution in [0.1, 0.15) is 17.4 Å². The van der Waals surface area contributed by atoms with Gasteiger partial charge in [0.05, 0.1) is 18.4 Å². The maximum absolute atomic E-state index is 6.32. The zero-order chi connectivity index (χ0) is 15.6. The summed E-state index contributed by atoms with van der Waals surface area (Å²) in [6.45, 7) is 2.33. The van der Waals surface area contributed by atoms with Gasteiger partial charge >= 0.3 is 0 Å². The smallest absolute Gasteiger partial charge is 0.241 e. The summed E-state index contributed by atoms with van der Waals surface area (Å²) in [4.78, 5) is 6.68. The molecule has 0 amide bonds. The van der Waals surface area contributed by atoms with Crippen molar-refractivity contribution in [3.05, 3.63) is 60.4 Å². The molecule has 1 aliphatic heterocycles. The number of likely N-dealkylation sites (tertiary alicyclic amines) is 1. The van der Waals surface area contributed by atoms with Gasteiger partial charge in [0.15, 0.2) is 0 Å². The SMILES string of the molecule is Cl.N[C@@H]1CN(Cc2nc(-c3ccoc3)no2)C[C@H]1c1ccccc1.